The van der Waals surface area contributed by atoms with Gasteiger partial charge >= 0.3 is 17.6 Å². The Bertz CT molecular complexity index is 2460. The number of amides is 1. The molecule has 3 aromatic heterocycles. The van der Waals surface area contributed by atoms with Gasteiger partial charge in [-0.3, -0.25) is 9.59 Å². The molecule has 0 fully saturated rings. The zero-order valence-corrected chi connectivity index (χ0v) is 32.3. The monoisotopic (exact) mass is 763 g/mol. The van der Waals surface area contributed by atoms with E-state index in [0.29, 0.717) is 16.0 Å². The molecule has 0 bridgehead atoms. The number of hydrogen-bond acceptors (Lipinski definition) is 9. The molecule has 1 atom stereocenters. The Kier molecular flexibility index (Phi) is 9.47. The number of para-hydroxylation sites is 1. The lowest BCUT2D eigenvalue weighted by Crippen LogP contribution is -2.44. The van der Waals surface area contributed by atoms with Gasteiger partial charge in [-0.2, -0.15) is 0 Å². The largest absolute Gasteiger partial charge is 0.481 e. The SMILES string of the molecule is CC(CC(=O)O)C(=N)/C(=C/c1ccc(-c2ccc(-c3cc4cc5c6c(c4oc3=O)C(C)(C)CCN6CCC5(C)C)s2)s1)C(=O)Nc1ccccc1C(=O)O. The Balaban J connectivity index is 1.23. The average Bonchev–Trinajstić information content (AvgIpc) is 3.79. The topological polar surface area (TPSA) is 161 Å². The Morgan fingerprint density at radius 1 is 0.944 bits per heavy atom. The maximum Gasteiger partial charge on any atom is 0.345 e. The first-order chi connectivity index (χ1) is 25.5. The van der Waals surface area contributed by atoms with Gasteiger partial charge in [0, 0.05) is 60.9 Å². The van der Waals surface area contributed by atoms with Gasteiger partial charge in [-0.25, -0.2) is 9.59 Å². The van der Waals surface area contributed by atoms with E-state index in [2.05, 4.69) is 44.0 Å². The highest BCUT2D eigenvalue weighted by atomic mass is 32.1. The summed E-state index contributed by atoms with van der Waals surface area (Å²) >= 11 is 2.82. The third-order valence-corrected chi connectivity index (χ3v) is 13.0. The number of nitrogens with one attached hydrogen (secondary N) is 2. The molecule has 0 aliphatic carbocycles. The van der Waals surface area contributed by atoms with Gasteiger partial charge in [0.15, 0.2) is 0 Å². The summed E-state index contributed by atoms with van der Waals surface area (Å²) in [5.41, 5.74) is 3.91. The van der Waals surface area contributed by atoms with Crippen LogP contribution in [0.15, 0.2) is 75.4 Å². The van der Waals surface area contributed by atoms with E-state index in [1.54, 1.807) is 25.1 Å². The first-order valence-corrected chi connectivity index (χ1v) is 19.4. The molecule has 0 saturated heterocycles. The fourth-order valence-corrected chi connectivity index (χ4v) is 9.56. The minimum atomic E-state index is -1.22. The van der Waals surface area contributed by atoms with Crippen molar-refractivity contribution in [3.05, 3.63) is 98.2 Å². The highest BCUT2D eigenvalue weighted by Crippen LogP contribution is 2.52. The molecule has 0 saturated carbocycles. The first-order valence-electron chi connectivity index (χ1n) is 17.8. The molecule has 5 heterocycles. The van der Waals surface area contributed by atoms with Gasteiger partial charge in [0.05, 0.1) is 28.8 Å². The quantitative estimate of drug-likeness (QED) is 0.0622. The molecular weight excluding hydrogens is 723 g/mol. The lowest BCUT2D eigenvalue weighted by molar-refractivity contribution is -0.137. The van der Waals surface area contributed by atoms with E-state index in [1.807, 2.05) is 24.3 Å². The number of anilines is 2. The number of carboxylic acid groups (broad SMARTS) is 2. The molecule has 278 valence electrons. The summed E-state index contributed by atoms with van der Waals surface area (Å²) in [5, 5.41) is 31.3. The number of benzene rings is 2. The molecule has 2 aromatic carbocycles. The molecule has 0 spiro atoms. The van der Waals surface area contributed by atoms with E-state index in [1.165, 1.54) is 52.1 Å². The highest BCUT2D eigenvalue weighted by Gasteiger charge is 2.42. The highest BCUT2D eigenvalue weighted by molar-refractivity contribution is 7.24. The molecule has 0 radical (unpaired) electrons. The van der Waals surface area contributed by atoms with Crippen LogP contribution >= 0.6 is 22.7 Å². The van der Waals surface area contributed by atoms with E-state index in [4.69, 9.17) is 9.83 Å². The van der Waals surface area contributed by atoms with Crippen molar-refractivity contribution in [1.82, 2.24) is 0 Å². The van der Waals surface area contributed by atoms with Crippen LogP contribution in [-0.4, -0.2) is 46.9 Å². The number of aromatic carboxylic acids is 1. The molecule has 12 heteroatoms. The Morgan fingerprint density at radius 2 is 1.61 bits per heavy atom. The van der Waals surface area contributed by atoms with Crippen molar-refractivity contribution in [2.45, 2.75) is 64.7 Å². The molecule has 4 N–H and O–H groups in total. The van der Waals surface area contributed by atoms with Gasteiger partial charge in [-0.15, -0.1) is 22.7 Å². The fourth-order valence-electron chi connectivity index (χ4n) is 7.51. The Hall–Kier alpha value is -5.33. The van der Waals surface area contributed by atoms with Gasteiger partial charge in [0.25, 0.3) is 5.91 Å². The van der Waals surface area contributed by atoms with E-state index >= 15 is 0 Å². The lowest BCUT2D eigenvalue weighted by Gasteiger charge is -2.48. The van der Waals surface area contributed by atoms with Gasteiger partial charge in [0.2, 0.25) is 0 Å². The molecule has 54 heavy (non-hydrogen) atoms. The summed E-state index contributed by atoms with van der Waals surface area (Å²) in [5.74, 6) is -3.85. The number of carbonyl (C=O) groups is 3. The second-order valence-corrected chi connectivity index (χ2v) is 17.6. The van der Waals surface area contributed by atoms with E-state index in [0.717, 1.165) is 51.5 Å². The third kappa shape index (κ3) is 6.80. The predicted molar refractivity (Wildman–Crippen MR) is 216 cm³/mol. The number of rotatable bonds is 10. The molecule has 2 aliphatic heterocycles. The van der Waals surface area contributed by atoms with Crippen LogP contribution in [-0.2, 0) is 20.4 Å². The van der Waals surface area contributed by atoms with E-state index in [9.17, 15) is 29.4 Å². The van der Waals surface area contributed by atoms with Crippen molar-refractivity contribution < 1.29 is 29.0 Å². The molecule has 10 nitrogen and oxygen atoms in total. The maximum atomic E-state index is 13.7. The molecule has 5 aromatic rings. The summed E-state index contributed by atoms with van der Waals surface area (Å²) in [6.45, 7) is 12.6. The number of hydrogen-bond donors (Lipinski definition) is 4. The first kappa shape index (κ1) is 37.0. The molecule has 2 aliphatic rings. The molecular formula is C42H41N3O7S2. The zero-order chi connectivity index (χ0) is 38.7. The normalized spacial score (nSPS) is 16.5. The van der Waals surface area contributed by atoms with Crippen LogP contribution in [0.1, 0.15) is 80.2 Å². The summed E-state index contributed by atoms with van der Waals surface area (Å²) in [4.78, 5) is 56.2. The van der Waals surface area contributed by atoms with Crippen LogP contribution in [0.3, 0.4) is 0 Å². The van der Waals surface area contributed by atoms with Crippen molar-refractivity contribution in [3.63, 3.8) is 0 Å². The third-order valence-electron chi connectivity index (χ3n) is 10.7. The second kappa shape index (κ2) is 13.8. The van der Waals surface area contributed by atoms with Crippen LogP contribution in [0, 0.1) is 11.3 Å². The maximum absolute atomic E-state index is 13.7. The number of carbonyl (C=O) groups excluding carboxylic acids is 1. The second-order valence-electron chi connectivity index (χ2n) is 15.4. The van der Waals surface area contributed by atoms with Gasteiger partial charge in [-0.05, 0) is 83.8 Å². The number of thiophene rings is 2. The minimum absolute atomic E-state index is 0.0177. The average molecular weight is 764 g/mol. The molecule has 1 amide bonds. The Morgan fingerprint density at radius 3 is 2.33 bits per heavy atom. The van der Waals surface area contributed by atoms with Gasteiger partial charge < -0.3 is 30.3 Å². The number of nitrogens with zero attached hydrogens (tertiary/aromatic N) is 1. The smallest absolute Gasteiger partial charge is 0.345 e. The van der Waals surface area contributed by atoms with Crippen LogP contribution in [0.5, 0.6) is 0 Å². The van der Waals surface area contributed by atoms with Crippen molar-refractivity contribution in [3.8, 4) is 20.2 Å². The molecule has 7 rings (SSSR count). The summed E-state index contributed by atoms with van der Waals surface area (Å²) in [7, 11) is 0. The van der Waals surface area contributed by atoms with Crippen LogP contribution in [0.4, 0.5) is 11.4 Å². The molecule has 1 unspecified atom stereocenters. The van der Waals surface area contributed by atoms with Crippen molar-refractivity contribution in [2.75, 3.05) is 23.3 Å². The Labute approximate surface area is 320 Å². The number of carboxylic acids is 2. The van der Waals surface area contributed by atoms with Crippen molar-refractivity contribution in [1.29, 1.82) is 5.41 Å². The number of aliphatic carboxylic acids is 1. The van der Waals surface area contributed by atoms with E-state index < -0.39 is 23.8 Å². The summed E-state index contributed by atoms with van der Waals surface area (Å²) in [6, 6.07) is 17.7. The van der Waals surface area contributed by atoms with Gasteiger partial charge in [0.1, 0.15) is 5.58 Å². The number of fused-ring (bicyclic) bond motifs is 2. The van der Waals surface area contributed by atoms with Crippen LogP contribution < -0.4 is 15.8 Å². The van der Waals surface area contributed by atoms with Crippen LogP contribution in [0.25, 0.3) is 37.2 Å². The summed E-state index contributed by atoms with van der Waals surface area (Å²) < 4.78 is 6.23. The lowest BCUT2D eigenvalue weighted by atomic mass is 9.69. The van der Waals surface area contributed by atoms with E-state index in [-0.39, 0.29) is 45.4 Å². The summed E-state index contributed by atoms with van der Waals surface area (Å²) in [6.07, 6.45) is 3.19. The predicted octanol–water partition coefficient (Wildman–Crippen LogP) is 9.27. The minimum Gasteiger partial charge on any atom is -0.481 e. The standard InChI is InChI=1S/C42H41N3O7S2/c1-22(18-33(46)47)35(43)27(38(48)44-29-9-7-6-8-25(29)39(49)50)21-24-10-11-31(53-24)32-13-12-30(54-32)26-19-23-20-28-36-34(37(23)52-40(26)51)42(4,5)15-17-45(36)16-14-41(28,2)3/h6-13,19-22,43H,14-18H2,1-5H3,(H,44,48)(H,46,47)(H,49,50)/b27-21-,43-35?. The van der Waals surface area contributed by atoms with Crippen molar-refractivity contribution >= 4 is 74.7 Å². The van der Waals surface area contributed by atoms with Crippen molar-refractivity contribution in [2.24, 2.45) is 5.92 Å². The van der Waals surface area contributed by atoms with Crippen LogP contribution in [0.2, 0.25) is 0 Å². The zero-order valence-electron chi connectivity index (χ0n) is 30.7. The van der Waals surface area contributed by atoms with Gasteiger partial charge in [-0.1, -0.05) is 46.8 Å². The fraction of sp³-hybridized carbons (Fsp3) is 0.310.